The van der Waals surface area contributed by atoms with E-state index in [1.54, 1.807) is 0 Å². The van der Waals surface area contributed by atoms with E-state index in [0.29, 0.717) is 6.04 Å². The number of methoxy groups -OCH3 is 1. The molecule has 5 N–H and O–H groups in total. The molecule has 6 atom stereocenters. The van der Waals surface area contributed by atoms with E-state index in [1.165, 1.54) is 5.32 Å². The van der Waals surface area contributed by atoms with Crippen LogP contribution in [-0.4, -0.2) is 103 Å². The second-order valence-corrected chi connectivity index (χ2v) is 14.1. The van der Waals surface area contributed by atoms with Gasteiger partial charge in [0.2, 0.25) is 0 Å². The van der Waals surface area contributed by atoms with Crippen molar-refractivity contribution in [3.8, 4) is 0 Å². The number of ether oxygens (including phenoxy) is 3. The number of hydrogen-bond acceptors (Lipinski definition) is 9. The van der Waals surface area contributed by atoms with Crippen molar-refractivity contribution in [3.63, 3.8) is 0 Å². The van der Waals surface area contributed by atoms with Gasteiger partial charge in [0, 0.05) is 21.1 Å². The van der Waals surface area contributed by atoms with Crippen LogP contribution in [0.2, 0.25) is 25.7 Å². The molecule has 1 rings (SSSR count). The molecule has 1 aliphatic heterocycles. The van der Waals surface area contributed by atoms with Gasteiger partial charge >= 0.3 is 18.1 Å². The maximum absolute atomic E-state index is 12.7. The first-order chi connectivity index (χ1) is 14.1. The summed E-state index contributed by atoms with van der Waals surface area (Å²) in [5, 5.41) is 41.2. The van der Waals surface area contributed by atoms with Gasteiger partial charge in [-0.25, -0.2) is 4.79 Å². The first kappa shape index (κ1) is 27.7. The quantitative estimate of drug-likeness (QED) is 0.210. The molecule has 1 saturated heterocycles. The van der Waals surface area contributed by atoms with Crippen molar-refractivity contribution in [1.29, 1.82) is 0 Å². The number of amides is 1. The molecule has 0 bridgehead atoms. The zero-order valence-electron chi connectivity index (χ0n) is 17.7. The molecule has 14 heteroatoms. The molecule has 31 heavy (non-hydrogen) atoms. The molecular weight excluding hydrogens is 447 g/mol. The zero-order chi connectivity index (χ0) is 24.2. The van der Waals surface area contributed by atoms with Crippen LogP contribution in [0.3, 0.4) is 0 Å². The van der Waals surface area contributed by atoms with Crippen LogP contribution in [0, 0.1) is 0 Å². The Hall–Kier alpha value is -1.29. The van der Waals surface area contributed by atoms with Crippen LogP contribution in [0.1, 0.15) is 6.42 Å². The van der Waals surface area contributed by atoms with Crippen LogP contribution < -0.4 is 5.32 Å². The van der Waals surface area contributed by atoms with Crippen LogP contribution in [0.4, 0.5) is 13.2 Å². The fourth-order valence-corrected chi connectivity index (χ4v) is 3.66. The van der Waals surface area contributed by atoms with E-state index in [-0.39, 0.29) is 6.61 Å². The third-order valence-corrected chi connectivity index (χ3v) is 6.43. The van der Waals surface area contributed by atoms with E-state index in [4.69, 9.17) is 14.6 Å². The van der Waals surface area contributed by atoms with Gasteiger partial charge in [-0.05, 0) is 6.04 Å². The number of aliphatic hydroxyl groups excluding tert-OH is 4. The second kappa shape index (κ2) is 10.5. The summed E-state index contributed by atoms with van der Waals surface area (Å²) < 4.78 is 53.9. The van der Waals surface area contributed by atoms with Crippen molar-refractivity contribution in [3.05, 3.63) is 0 Å². The van der Waals surface area contributed by atoms with Crippen molar-refractivity contribution in [2.45, 2.75) is 74.5 Å². The van der Waals surface area contributed by atoms with Crippen molar-refractivity contribution in [2.75, 3.05) is 20.3 Å². The Kier molecular flexibility index (Phi) is 9.44. The Balaban J connectivity index is 3.28. The minimum atomic E-state index is -5.31. The number of esters is 1. The molecule has 1 aliphatic rings. The van der Waals surface area contributed by atoms with Crippen LogP contribution in [0.5, 0.6) is 0 Å². The third kappa shape index (κ3) is 7.37. The van der Waals surface area contributed by atoms with Gasteiger partial charge in [0.15, 0.2) is 0 Å². The molecule has 0 radical (unpaired) electrons. The molecule has 1 heterocycles. The number of hydrogen-bond donors (Lipinski definition) is 5. The lowest BCUT2D eigenvalue weighted by Gasteiger charge is -2.47. The Bertz CT molecular complexity index is 631. The second-order valence-electron chi connectivity index (χ2n) is 8.50. The van der Waals surface area contributed by atoms with E-state index in [2.05, 4.69) is 4.74 Å². The average Bonchev–Trinajstić information content (AvgIpc) is 2.65. The largest absolute Gasteiger partial charge is 0.471 e. The van der Waals surface area contributed by atoms with E-state index >= 15 is 0 Å². The fraction of sp³-hybridized carbons (Fsp3) is 0.882. The normalized spacial score (nSPS) is 29.2. The summed E-state index contributed by atoms with van der Waals surface area (Å²) in [6, 6.07) is -1.34. The van der Waals surface area contributed by atoms with Gasteiger partial charge < -0.3 is 40.0 Å². The van der Waals surface area contributed by atoms with Crippen molar-refractivity contribution < 1.29 is 57.4 Å². The topological polar surface area (TPSA) is 155 Å². The molecule has 10 nitrogen and oxygen atoms in total. The number of alkyl halides is 3. The van der Waals surface area contributed by atoms with Crippen LogP contribution in [0.15, 0.2) is 0 Å². The maximum Gasteiger partial charge on any atom is 0.471 e. The Labute approximate surface area is 178 Å². The van der Waals surface area contributed by atoms with Crippen molar-refractivity contribution in [2.24, 2.45) is 0 Å². The number of rotatable bonds is 9. The summed E-state index contributed by atoms with van der Waals surface area (Å²) in [4.78, 5) is 23.9. The highest BCUT2D eigenvalue weighted by Gasteiger charge is 2.57. The summed E-state index contributed by atoms with van der Waals surface area (Å²) in [5.74, 6) is -5.87. The minimum absolute atomic E-state index is 0.0253. The average molecular weight is 478 g/mol. The molecule has 0 spiro atoms. The number of nitrogens with one attached hydrogen (secondary N) is 1. The van der Waals surface area contributed by atoms with Gasteiger partial charge in [-0.1, -0.05) is 19.6 Å². The Morgan fingerprint density at radius 1 is 1.29 bits per heavy atom. The van der Waals surface area contributed by atoms with Crippen LogP contribution in [-0.2, 0) is 23.8 Å². The highest BCUT2D eigenvalue weighted by molar-refractivity contribution is 6.76. The Morgan fingerprint density at radius 2 is 1.87 bits per heavy atom. The van der Waals surface area contributed by atoms with Gasteiger partial charge in [-0.2, -0.15) is 13.2 Å². The molecule has 0 aliphatic carbocycles. The van der Waals surface area contributed by atoms with Gasteiger partial charge in [0.25, 0.3) is 5.79 Å². The fourth-order valence-electron chi connectivity index (χ4n) is 2.94. The number of halogens is 3. The molecule has 182 valence electrons. The lowest BCUT2D eigenvalue weighted by atomic mass is 9.88. The Morgan fingerprint density at radius 3 is 2.32 bits per heavy atom. The van der Waals surface area contributed by atoms with Gasteiger partial charge in [0.05, 0.1) is 25.9 Å². The van der Waals surface area contributed by atoms with Crippen LogP contribution in [0.25, 0.3) is 0 Å². The number of aliphatic hydroxyl groups is 4. The van der Waals surface area contributed by atoms with E-state index < -0.39 is 75.4 Å². The first-order valence-corrected chi connectivity index (χ1v) is 13.2. The molecular formula is C17H30F3NO9Si. The molecule has 0 aromatic heterocycles. The van der Waals surface area contributed by atoms with E-state index in [1.807, 2.05) is 19.6 Å². The van der Waals surface area contributed by atoms with Crippen LogP contribution >= 0.6 is 0 Å². The summed E-state index contributed by atoms with van der Waals surface area (Å²) >= 11 is 0. The number of carbonyl (C=O) groups excluding carboxylic acids is 2. The van der Waals surface area contributed by atoms with Crippen molar-refractivity contribution in [1.82, 2.24) is 5.32 Å². The summed E-state index contributed by atoms with van der Waals surface area (Å²) in [6.07, 6.45) is -13.9. The highest BCUT2D eigenvalue weighted by Crippen LogP contribution is 2.35. The predicted octanol–water partition coefficient (Wildman–Crippen LogP) is -0.878. The SMILES string of the molecule is COC(=O)C1(OCC[Si](C)(C)C)C[C@H](O)[C@@H](NC(=O)C(F)(F)F)[C@H]([C@H](O)[C@H](O)CO)O1. The monoisotopic (exact) mass is 477 g/mol. The molecule has 1 fully saturated rings. The van der Waals surface area contributed by atoms with E-state index in [9.17, 15) is 38.1 Å². The van der Waals surface area contributed by atoms with Gasteiger partial charge in [0.1, 0.15) is 18.3 Å². The van der Waals surface area contributed by atoms with Gasteiger partial charge in [-0.3, -0.25) is 4.79 Å². The molecule has 1 unspecified atom stereocenters. The van der Waals surface area contributed by atoms with E-state index in [0.717, 1.165) is 7.11 Å². The highest BCUT2D eigenvalue weighted by atomic mass is 28.3. The van der Waals surface area contributed by atoms with Crippen molar-refractivity contribution >= 4 is 20.0 Å². The van der Waals surface area contributed by atoms with Gasteiger partial charge in [-0.15, -0.1) is 0 Å². The predicted molar refractivity (Wildman–Crippen MR) is 101 cm³/mol. The lowest BCUT2D eigenvalue weighted by Crippen LogP contribution is -2.69. The first-order valence-electron chi connectivity index (χ1n) is 9.51. The minimum Gasteiger partial charge on any atom is -0.465 e. The summed E-state index contributed by atoms with van der Waals surface area (Å²) in [6.45, 7) is 5.01. The molecule has 0 aromatic carbocycles. The molecule has 1 amide bonds. The number of carbonyl (C=O) groups is 2. The summed E-state index contributed by atoms with van der Waals surface area (Å²) in [5.41, 5.74) is 0. The lowest BCUT2D eigenvalue weighted by molar-refractivity contribution is -0.311. The molecule has 0 aromatic rings. The molecule has 0 saturated carbocycles. The maximum atomic E-state index is 12.7. The summed E-state index contributed by atoms with van der Waals surface area (Å²) in [7, 11) is -0.662. The third-order valence-electron chi connectivity index (χ3n) is 4.73. The smallest absolute Gasteiger partial charge is 0.465 e. The zero-order valence-corrected chi connectivity index (χ0v) is 18.7. The standard InChI is InChI=1S/C17H30F3NO9Si/c1-28-15(27)16(29-5-6-31(2,3)4)7-9(23)11(21-14(26)17(18,19)20)13(30-16)12(25)10(24)8-22/h9-13,22-25H,5-8H2,1-4H3,(H,21,26)/t9-,10+,11+,12+,13+,16?/m0/s1.